The second-order valence-electron chi connectivity index (χ2n) is 0.0714. The van der Waals surface area contributed by atoms with Gasteiger partial charge in [0.1, 0.15) is 0 Å². The van der Waals surface area contributed by atoms with Crippen LogP contribution in [0.15, 0.2) is 0 Å². The molecule has 0 rings (SSSR count). The van der Waals surface area contributed by atoms with E-state index in [2.05, 4.69) is 0 Å². The van der Waals surface area contributed by atoms with Gasteiger partial charge in [0.05, 0.1) is 0 Å². The first-order valence-electron chi connectivity index (χ1n) is 0.378. The fourth-order valence-electron chi connectivity index (χ4n) is 0. The van der Waals surface area contributed by atoms with Crippen molar-refractivity contribution >= 4 is 27.3 Å². The second-order valence-corrected chi connectivity index (χ2v) is 0.371. The maximum Gasteiger partial charge on any atom is 0 e. The topological polar surface area (TPSA) is 0 Å². The van der Waals surface area contributed by atoms with Crippen LogP contribution < -0.4 is 0 Å². The number of hydrogen-bond acceptors (Lipinski definition) is 0. The average Bonchev–Trinajstić information content (AvgIpc) is 0.918. The molecule has 0 saturated heterocycles. The normalized spacial score (nSPS) is 4.50. The molecule has 6 radical (unpaired) electrons. The molecular weight excluding hydrogens is 139 g/mol. The molecule has 0 aliphatic carbocycles. The molecule has 0 nitrogen and oxygen atoms in total. The Balaban J connectivity index is 0. The molecule has 0 saturated carbocycles. The molecule has 0 atom stereocenters. The van der Waals surface area contributed by atoms with E-state index < -0.39 is 16.4 Å². The van der Waals surface area contributed by atoms with Crippen LogP contribution in [0, 0.1) is 0 Å². The van der Waals surface area contributed by atoms with Crippen LogP contribution in [0.25, 0.3) is 0 Å². The van der Waals surface area contributed by atoms with Gasteiger partial charge in [0.25, 0.3) is 0 Å². The Hall–Kier alpha value is 0.620. The Kier molecular flexibility index (Phi) is 20.9. The Bertz CT molecular complexity index is 6.00. The summed E-state index contributed by atoms with van der Waals surface area (Å²) in [5.41, 5.74) is 0. The van der Waals surface area contributed by atoms with Crippen LogP contribution in [0.5, 0.6) is 0 Å². The molecule has 4 heteroatoms. The molecule has 0 amide bonds. The largest absolute Gasteiger partial charge is 0 e. The Morgan fingerprint density at radius 2 is 1.25 bits per heavy atom. The quantitative estimate of drug-likeness (QED) is 0.416. The zero-order valence-corrected chi connectivity index (χ0v) is 4.85. The van der Waals surface area contributed by atoms with Gasteiger partial charge in [0.2, 0.25) is 0 Å². The van der Waals surface area contributed by atoms with Crippen molar-refractivity contribution in [3.05, 3.63) is 0 Å². The van der Waals surface area contributed by atoms with Crippen molar-refractivity contribution in [2.75, 3.05) is 0 Å². The van der Waals surface area contributed by atoms with E-state index in [0.29, 0.717) is 0 Å². The molecule has 0 N–H and O–H groups in total. The van der Waals surface area contributed by atoms with Gasteiger partial charge in [0, 0.05) is 11.0 Å². The van der Waals surface area contributed by atoms with E-state index in [4.69, 9.17) is 0 Å². The molecular formula is F2GeSi. The number of halogens is 2. The molecule has 0 aliphatic rings. The van der Waals surface area contributed by atoms with Gasteiger partial charge in [-0.1, -0.05) is 0 Å². The predicted octanol–water partition coefficient (Wildman–Crippen LogP) is 0.0788. The summed E-state index contributed by atoms with van der Waals surface area (Å²) in [6.45, 7) is 0. The SMILES string of the molecule is [F][Ge][F].[Si]. The third-order valence-corrected chi connectivity index (χ3v) is 0. The van der Waals surface area contributed by atoms with Gasteiger partial charge >= 0.3 is 23.4 Å². The zero-order chi connectivity index (χ0) is 2.71. The van der Waals surface area contributed by atoms with Gasteiger partial charge in [-0.3, -0.25) is 0 Å². The monoisotopic (exact) mass is 140 g/mol. The summed E-state index contributed by atoms with van der Waals surface area (Å²) in [4.78, 5) is 0. The van der Waals surface area contributed by atoms with Crippen molar-refractivity contribution in [3.63, 3.8) is 0 Å². The van der Waals surface area contributed by atoms with Crippen molar-refractivity contribution in [1.82, 2.24) is 0 Å². The summed E-state index contributed by atoms with van der Waals surface area (Å²) in [5, 5.41) is 0. The molecule has 0 aromatic carbocycles. The summed E-state index contributed by atoms with van der Waals surface area (Å²) < 4.78 is 19.5. The van der Waals surface area contributed by atoms with E-state index in [1.807, 2.05) is 0 Å². The Morgan fingerprint density at radius 1 is 1.25 bits per heavy atom. The first-order chi connectivity index (χ1) is 1.41. The third kappa shape index (κ3) is 17.9. The van der Waals surface area contributed by atoms with Crippen LogP contribution in [-0.4, -0.2) is 27.3 Å². The van der Waals surface area contributed by atoms with E-state index in [-0.39, 0.29) is 11.0 Å². The van der Waals surface area contributed by atoms with Crippen LogP contribution in [0.2, 0.25) is 0 Å². The molecule has 4 heavy (non-hydrogen) atoms. The first-order valence-corrected chi connectivity index (χ1v) is 1.96. The molecule has 0 bridgehead atoms. The molecule has 0 aromatic rings. The molecule has 0 unspecified atom stereocenters. The first kappa shape index (κ1) is 8.82. The minimum absolute atomic E-state index is 0. The second kappa shape index (κ2) is 9.47. The number of hydrogen-bond donors (Lipinski definition) is 0. The van der Waals surface area contributed by atoms with Crippen LogP contribution in [0.4, 0.5) is 7.00 Å². The van der Waals surface area contributed by atoms with Crippen molar-refractivity contribution in [3.8, 4) is 0 Å². The van der Waals surface area contributed by atoms with E-state index in [9.17, 15) is 7.00 Å². The summed E-state index contributed by atoms with van der Waals surface area (Å²) in [6, 6.07) is 0. The summed E-state index contributed by atoms with van der Waals surface area (Å²) >= 11 is -2.50. The van der Waals surface area contributed by atoms with E-state index in [0.717, 1.165) is 0 Å². The summed E-state index contributed by atoms with van der Waals surface area (Å²) in [6.07, 6.45) is 0. The van der Waals surface area contributed by atoms with Gasteiger partial charge in [-0.2, -0.15) is 0 Å². The molecule has 0 spiro atoms. The molecule has 0 aliphatic heterocycles. The van der Waals surface area contributed by atoms with Gasteiger partial charge in [0.15, 0.2) is 0 Å². The fraction of sp³-hybridized carbons (Fsp3) is 0. The Labute approximate surface area is 35.1 Å². The maximum atomic E-state index is 9.75. The minimum Gasteiger partial charge on any atom is 0 e. The van der Waals surface area contributed by atoms with Gasteiger partial charge in [-0.25, -0.2) is 0 Å². The zero-order valence-electron chi connectivity index (χ0n) is 1.76. The van der Waals surface area contributed by atoms with Crippen molar-refractivity contribution < 1.29 is 7.00 Å². The van der Waals surface area contributed by atoms with Crippen molar-refractivity contribution in [2.45, 2.75) is 0 Å². The van der Waals surface area contributed by atoms with Gasteiger partial charge in [-0.15, -0.1) is 0 Å². The molecule has 0 aromatic heterocycles. The molecule has 0 heterocycles. The summed E-state index contributed by atoms with van der Waals surface area (Å²) in [7, 11) is 0. The molecule has 22 valence electrons. The smallest absolute Gasteiger partial charge is 0 e. The third-order valence-electron chi connectivity index (χ3n) is 0. The van der Waals surface area contributed by atoms with E-state index >= 15 is 0 Å². The fourth-order valence-corrected chi connectivity index (χ4v) is 0. The van der Waals surface area contributed by atoms with Crippen LogP contribution >= 0.6 is 0 Å². The van der Waals surface area contributed by atoms with Gasteiger partial charge in [-0.05, 0) is 0 Å². The Morgan fingerprint density at radius 3 is 1.25 bits per heavy atom. The van der Waals surface area contributed by atoms with Crippen LogP contribution in [0.1, 0.15) is 0 Å². The number of rotatable bonds is 0. The van der Waals surface area contributed by atoms with Gasteiger partial charge < -0.3 is 0 Å². The molecule has 0 fully saturated rings. The average molecular weight is 139 g/mol. The minimum atomic E-state index is -2.50. The van der Waals surface area contributed by atoms with Crippen molar-refractivity contribution in [2.24, 2.45) is 0 Å². The van der Waals surface area contributed by atoms with E-state index in [1.54, 1.807) is 0 Å². The predicted molar refractivity (Wildman–Crippen MR) is 13.7 cm³/mol. The van der Waals surface area contributed by atoms with E-state index in [1.165, 1.54) is 0 Å². The standard InChI is InChI=1S/F2Ge.Si/c1-3-2;. The van der Waals surface area contributed by atoms with Crippen molar-refractivity contribution in [1.29, 1.82) is 0 Å². The van der Waals surface area contributed by atoms with Crippen LogP contribution in [0.3, 0.4) is 0 Å². The maximum absolute atomic E-state index is 9.75. The van der Waals surface area contributed by atoms with Crippen LogP contribution in [-0.2, 0) is 0 Å². The summed E-state index contributed by atoms with van der Waals surface area (Å²) in [5.74, 6) is 0.